The lowest BCUT2D eigenvalue weighted by atomic mass is 9.96. The van der Waals surface area contributed by atoms with Gasteiger partial charge in [-0.3, -0.25) is 14.4 Å². The SMILES string of the molecule is CC(=O)N[C@@H](C(=O)N[C@H](C(N)=O)[C@@H](C)CC#N)C(C)C. The van der Waals surface area contributed by atoms with Crippen LogP contribution >= 0.6 is 0 Å². The largest absolute Gasteiger partial charge is 0.368 e. The zero-order valence-corrected chi connectivity index (χ0v) is 12.3. The monoisotopic (exact) mass is 282 g/mol. The first-order chi connectivity index (χ1) is 9.20. The van der Waals surface area contributed by atoms with Crippen LogP contribution in [0.1, 0.15) is 34.1 Å². The van der Waals surface area contributed by atoms with Gasteiger partial charge in [-0.1, -0.05) is 20.8 Å². The van der Waals surface area contributed by atoms with Gasteiger partial charge in [-0.25, -0.2) is 0 Å². The van der Waals surface area contributed by atoms with Gasteiger partial charge in [0.2, 0.25) is 17.7 Å². The minimum absolute atomic E-state index is 0.0976. The fourth-order valence-electron chi connectivity index (χ4n) is 1.75. The van der Waals surface area contributed by atoms with Crippen molar-refractivity contribution in [1.29, 1.82) is 5.26 Å². The average Bonchev–Trinajstić information content (AvgIpc) is 2.31. The van der Waals surface area contributed by atoms with E-state index in [2.05, 4.69) is 10.6 Å². The molecule has 0 aromatic carbocycles. The Balaban J connectivity index is 4.93. The Labute approximate surface area is 118 Å². The number of carbonyl (C=O) groups is 3. The molecule has 0 saturated carbocycles. The predicted molar refractivity (Wildman–Crippen MR) is 73.0 cm³/mol. The highest BCUT2D eigenvalue weighted by Crippen LogP contribution is 2.09. The number of carbonyl (C=O) groups excluding carboxylic acids is 3. The second-order valence-corrected chi connectivity index (χ2v) is 5.15. The molecule has 0 radical (unpaired) electrons. The summed E-state index contributed by atoms with van der Waals surface area (Å²) >= 11 is 0. The molecule has 7 nitrogen and oxygen atoms in total. The maximum absolute atomic E-state index is 12.1. The first-order valence-electron chi connectivity index (χ1n) is 6.44. The molecular weight excluding hydrogens is 260 g/mol. The van der Waals surface area contributed by atoms with E-state index in [9.17, 15) is 14.4 Å². The second kappa shape index (κ2) is 8.15. The molecule has 0 fully saturated rings. The van der Waals surface area contributed by atoms with Crippen LogP contribution in [0, 0.1) is 23.2 Å². The molecular formula is C13H22N4O3. The first kappa shape index (κ1) is 17.9. The molecule has 3 amide bonds. The number of nitrogens with one attached hydrogen (secondary N) is 2. The van der Waals surface area contributed by atoms with E-state index >= 15 is 0 Å². The van der Waals surface area contributed by atoms with Crippen LogP contribution in [0.5, 0.6) is 0 Å². The fraction of sp³-hybridized carbons (Fsp3) is 0.692. The molecule has 0 rings (SSSR count). The van der Waals surface area contributed by atoms with Gasteiger partial charge in [0.1, 0.15) is 12.1 Å². The summed E-state index contributed by atoms with van der Waals surface area (Å²) < 4.78 is 0. The summed E-state index contributed by atoms with van der Waals surface area (Å²) in [5, 5.41) is 13.7. The molecule has 0 aliphatic carbocycles. The smallest absolute Gasteiger partial charge is 0.243 e. The molecule has 0 aliphatic rings. The molecule has 0 bridgehead atoms. The van der Waals surface area contributed by atoms with Gasteiger partial charge in [0.05, 0.1) is 6.07 Å². The lowest BCUT2D eigenvalue weighted by Gasteiger charge is -2.26. The number of amides is 3. The number of nitrogens with two attached hydrogens (primary N) is 1. The molecule has 3 atom stereocenters. The van der Waals surface area contributed by atoms with Crippen LogP contribution < -0.4 is 16.4 Å². The van der Waals surface area contributed by atoms with Crippen molar-refractivity contribution in [2.24, 2.45) is 17.6 Å². The molecule has 7 heteroatoms. The normalized spacial score (nSPS) is 14.8. The lowest BCUT2D eigenvalue weighted by molar-refractivity contribution is -0.132. The summed E-state index contributed by atoms with van der Waals surface area (Å²) in [7, 11) is 0. The Kier molecular flexibility index (Phi) is 7.29. The standard InChI is InChI=1S/C13H22N4O3/c1-7(2)10(16-9(4)18)13(20)17-11(12(15)19)8(3)5-6-14/h7-8,10-11H,5H2,1-4H3,(H2,15,19)(H,16,18)(H,17,20)/t8-,10+,11-/m0/s1. The molecule has 4 N–H and O–H groups in total. The summed E-state index contributed by atoms with van der Waals surface area (Å²) in [6, 6.07) is 0.252. The number of nitrogens with zero attached hydrogens (tertiary/aromatic N) is 1. The van der Waals surface area contributed by atoms with Crippen molar-refractivity contribution in [3.8, 4) is 6.07 Å². The van der Waals surface area contributed by atoms with Crippen LogP contribution in [0.2, 0.25) is 0 Å². The van der Waals surface area contributed by atoms with E-state index in [1.54, 1.807) is 20.8 Å². The van der Waals surface area contributed by atoms with Crippen LogP contribution in [0.25, 0.3) is 0 Å². The van der Waals surface area contributed by atoms with E-state index in [-0.39, 0.29) is 18.2 Å². The lowest BCUT2D eigenvalue weighted by Crippen LogP contribution is -2.56. The van der Waals surface area contributed by atoms with E-state index in [1.165, 1.54) is 6.92 Å². The summed E-state index contributed by atoms with van der Waals surface area (Å²) in [5.74, 6) is -2.06. The fourth-order valence-corrected chi connectivity index (χ4v) is 1.75. The van der Waals surface area contributed by atoms with E-state index in [0.717, 1.165) is 0 Å². The van der Waals surface area contributed by atoms with Crippen LogP contribution in [0.3, 0.4) is 0 Å². The average molecular weight is 282 g/mol. The molecule has 0 aliphatic heterocycles. The minimum atomic E-state index is -0.933. The zero-order valence-electron chi connectivity index (χ0n) is 12.3. The third-order valence-corrected chi connectivity index (χ3v) is 2.89. The molecule has 0 unspecified atom stereocenters. The predicted octanol–water partition coefficient (Wildman–Crippen LogP) is -0.333. The van der Waals surface area contributed by atoms with E-state index in [4.69, 9.17) is 11.0 Å². The van der Waals surface area contributed by atoms with Gasteiger partial charge < -0.3 is 16.4 Å². The zero-order chi connectivity index (χ0) is 15.9. The molecule has 0 heterocycles. The van der Waals surface area contributed by atoms with Gasteiger partial charge in [0.25, 0.3) is 0 Å². The Morgan fingerprint density at radius 3 is 2.05 bits per heavy atom. The Bertz CT molecular complexity index is 414. The number of hydrogen-bond donors (Lipinski definition) is 3. The molecule has 0 spiro atoms. The van der Waals surface area contributed by atoms with Crippen molar-refractivity contribution in [3.63, 3.8) is 0 Å². The van der Waals surface area contributed by atoms with Crippen molar-refractivity contribution in [3.05, 3.63) is 0 Å². The van der Waals surface area contributed by atoms with Crippen LogP contribution in [0.4, 0.5) is 0 Å². The third-order valence-electron chi connectivity index (χ3n) is 2.89. The van der Waals surface area contributed by atoms with E-state index < -0.39 is 29.8 Å². The number of hydrogen-bond acceptors (Lipinski definition) is 4. The number of primary amides is 1. The van der Waals surface area contributed by atoms with Crippen molar-refractivity contribution in [1.82, 2.24) is 10.6 Å². The maximum atomic E-state index is 12.1. The second-order valence-electron chi connectivity index (χ2n) is 5.15. The van der Waals surface area contributed by atoms with Gasteiger partial charge in [-0.15, -0.1) is 0 Å². The third kappa shape index (κ3) is 5.69. The molecule has 0 aromatic rings. The summed E-state index contributed by atoms with van der Waals surface area (Å²) in [6.45, 7) is 6.52. The van der Waals surface area contributed by atoms with Gasteiger partial charge in [-0.2, -0.15) is 5.26 Å². The van der Waals surface area contributed by atoms with Crippen LogP contribution in [0.15, 0.2) is 0 Å². The highest BCUT2D eigenvalue weighted by molar-refractivity contribution is 5.91. The Morgan fingerprint density at radius 1 is 1.15 bits per heavy atom. The van der Waals surface area contributed by atoms with Crippen molar-refractivity contribution >= 4 is 17.7 Å². The Morgan fingerprint density at radius 2 is 1.70 bits per heavy atom. The number of rotatable bonds is 7. The first-order valence-corrected chi connectivity index (χ1v) is 6.44. The highest BCUT2D eigenvalue weighted by Gasteiger charge is 2.29. The van der Waals surface area contributed by atoms with E-state index in [0.29, 0.717) is 0 Å². The van der Waals surface area contributed by atoms with Gasteiger partial charge >= 0.3 is 0 Å². The van der Waals surface area contributed by atoms with Crippen LogP contribution in [-0.2, 0) is 14.4 Å². The molecule has 112 valence electrons. The van der Waals surface area contributed by atoms with Crippen molar-refractivity contribution in [2.75, 3.05) is 0 Å². The number of nitriles is 1. The van der Waals surface area contributed by atoms with Gasteiger partial charge in [-0.05, 0) is 11.8 Å². The van der Waals surface area contributed by atoms with Gasteiger partial charge in [0, 0.05) is 13.3 Å². The maximum Gasteiger partial charge on any atom is 0.243 e. The summed E-state index contributed by atoms with van der Waals surface area (Å²) in [6.07, 6.45) is 0.0976. The van der Waals surface area contributed by atoms with E-state index in [1.807, 2.05) is 6.07 Å². The highest BCUT2D eigenvalue weighted by atomic mass is 16.2. The van der Waals surface area contributed by atoms with Crippen molar-refractivity contribution < 1.29 is 14.4 Å². The molecule has 0 aromatic heterocycles. The van der Waals surface area contributed by atoms with Crippen molar-refractivity contribution in [2.45, 2.75) is 46.2 Å². The summed E-state index contributed by atoms with van der Waals surface area (Å²) in [5.41, 5.74) is 5.24. The van der Waals surface area contributed by atoms with Gasteiger partial charge in [0.15, 0.2) is 0 Å². The Hall–Kier alpha value is -2.10. The summed E-state index contributed by atoms with van der Waals surface area (Å²) in [4.78, 5) is 34.6. The molecule has 20 heavy (non-hydrogen) atoms. The topological polar surface area (TPSA) is 125 Å². The minimum Gasteiger partial charge on any atom is -0.368 e. The quantitative estimate of drug-likeness (QED) is 0.591. The molecule has 0 saturated heterocycles. The van der Waals surface area contributed by atoms with Crippen LogP contribution in [-0.4, -0.2) is 29.8 Å².